The van der Waals surface area contributed by atoms with Crippen LogP contribution in [0.4, 0.5) is 0 Å². The Morgan fingerprint density at radius 3 is 2.56 bits per heavy atom. The molecule has 2 unspecified atom stereocenters. The SMILES string of the molecule is CC1CCCC(C)N1Cc1cccc(Cl)c1. The number of benzene rings is 1. The second kappa shape index (κ2) is 5.20. The minimum atomic E-state index is 0.697. The summed E-state index contributed by atoms with van der Waals surface area (Å²) < 4.78 is 0. The van der Waals surface area contributed by atoms with Crippen molar-refractivity contribution in [2.45, 2.75) is 51.7 Å². The lowest BCUT2D eigenvalue weighted by Gasteiger charge is -2.39. The molecule has 1 nitrogen and oxygen atoms in total. The number of nitrogens with zero attached hydrogens (tertiary/aromatic N) is 1. The standard InChI is InChI=1S/C14H20ClN/c1-11-5-3-6-12(2)16(11)10-13-7-4-8-14(15)9-13/h4,7-9,11-12H,3,5-6,10H2,1-2H3. The average Bonchev–Trinajstić information content (AvgIpc) is 2.24. The third kappa shape index (κ3) is 2.78. The molecule has 1 aromatic rings. The summed E-state index contributed by atoms with van der Waals surface area (Å²) in [7, 11) is 0. The Bertz CT molecular complexity index is 340. The van der Waals surface area contributed by atoms with Crippen molar-refractivity contribution >= 4 is 11.6 Å². The van der Waals surface area contributed by atoms with Gasteiger partial charge >= 0.3 is 0 Å². The van der Waals surface area contributed by atoms with Crippen molar-refractivity contribution in [3.05, 3.63) is 34.9 Å². The van der Waals surface area contributed by atoms with Gasteiger partial charge in [-0.2, -0.15) is 0 Å². The first-order valence-electron chi connectivity index (χ1n) is 6.17. The van der Waals surface area contributed by atoms with Gasteiger partial charge in [0.2, 0.25) is 0 Å². The summed E-state index contributed by atoms with van der Waals surface area (Å²) in [4.78, 5) is 2.59. The minimum Gasteiger partial charge on any atom is -0.294 e. The van der Waals surface area contributed by atoms with Crippen LogP contribution in [0, 0.1) is 0 Å². The Balaban J connectivity index is 2.07. The summed E-state index contributed by atoms with van der Waals surface area (Å²) in [6, 6.07) is 9.62. The van der Waals surface area contributed by atoms with Gasteiger partial charge in [-0.1, -0.05) is 30.2 Å². The summed E-state index contributed by atoms with van der Waals surface area (Å²) in [5, 5.41) is 0.842. The zero-order chi connectivity index (χ0) is 11.5. The smallest absolute Gasteiger partial charge is 0.0409 e. The van der Waals surface area contributed by atoms with Crippen LogP contribution in [0.2, 0.25) is 5.02 Å². The highest BCUT2D eigenvalue weighted by Gasteiger charge is 2.24. The lowest BCUT2D eigenvalue weighted by atomic mass is 9.97. The molecule has 0 spiro atoms. The lowest BCUT2D eigenvalue weighted by molar-refractivity contribution is 0.0953. The van der Waals surface area contributed by atoms with Crippen LogP contribution < -0.4 is 0 Å². The summed E-state index contributed by atoms with van der Waals surface area (Å²) in [5.41, 5.74) is 1.33. The molecule has 88 valence electrons. The first kappa shape index (κ1) is 11.9. The fourth-order valence-electron chi connectivity index (χ4n) is 2.63. The number of halogens is 1. The third-order valence-electron chi connectivity index (χ3n) is 3.63. The van der Waals surface area contributed by atoms with E-state index >= 15 is 0 Å². The van der Waals surface area contributed by atoms with E-state index in [2.05, 4.69) is 30.9 Å². The number of likely N-dealkylation sites (tertiary alicyclic amines) is 1. The maximum atomic E-state index is 6.02. The zero-order valence-corrected chi connectivity index (χ0v) is 10.9. The van der Waals surface area contributed by atoms with E-state index in [4.69, 9.17) is 11.6 Å². The molecule has 1 saturated heterocycles. The monoisotopic (exact) mass is 237 g/mol. The van der Waals surface area contributed by atoms with Crippen LogP contribution in [0.1, 0.15) is 38.7 Å². The number of hydrogen-bond acceptors (Lipinski definition) is 1. The van der Waals surface area contributed by atoms with Crippen molar-refractivity contribution in [1.29, 1.82) is 0 Å². The second-order valence-electron chi connectivity index (χ2n) is 4.93. The van der Waals surface area contributed by atoms with E-state index in [1.165, 1.54) is 24.8 Å². The van der Waals surface area contributed by atoms with Gasteiger partial charge in [-0.3, -0.25) is 4.90 Å². The van der Waals surface area contributed by atoms with E-state index in [0.29, 0.717) is 12.1 Å². The van der Waals surface area contributed by atoms with Crippen molar-refractivity contribution in [3.63, 3.8) is 0 Å². The van der Waals surface area contributed by atoms with Gasteiger partial charge in [0.1, 0.15) is 0 Å². The molecule has 0 bridgehead atoms. The Kier molecular flexibility index (Phi) is 3.88. The molecule has 1 heterocycles. The Morgan fingerprint density at radius 1 is 1.25 bits per heavy atom. The molecule has 0 N–H and O–H groups in total. The van der Waals surface area contributed by atoms with Crippen molar-refractivity contribution in [2.75, 3.05) is 0 Å². The van der Waals surface area contributed by atoms with E-state index in [9.17, 15) is 0 Å². The quantitative estimate of drug-likeness (QED) is 0.749. The highest BCUT2D eigenvalue weighted by atomic mass is 35.5. The van der Waals surface area contributed by atoms with E-state index in [0.717, 1.165) is 11.6 Å². The van der Waals surface area contributed by atoms with E-state index < -0.39 is 0 Å². The average molecular weight is 238 g/mol. The summed E-state index contributed by atoms with van der Waals surface area (Å²) >= 11 is 6.02. The van der Waals surface area contributed by atoms with Crippen molar-refractivity contribution in [1.82, 2.24) is 4.90 Å². The minimum absolute atomic E-state index is 0.697. The Labute approximate surface area is 103 Å². The normalized spacial score (nSPS) is 26.9. The maximum Gasteiger partial charge on any atom is 0.0409 e. The van der Waals surface area contributed by atoms with Crippen LogP contribution in [0.5, 0.6) is 0 Å². The number of rotatable bonds is 2. The number of hydrogen-bond donors (Lipinski definition) is 0. The molecule has 0 radical (unpaired) electrons. The molecular formula is C14H20ClN. The molecule has 1 aliphatic heterocycles. The molecule has 2 heteroatoms. The number of piperidine rings is 1. The highest BCUT2D eigenvalue weighted by molar-refractivity contribution is 6.30. The zero-order valence-electron chi connectivity index (χ0n) is 10.1. The summed E-state index contributed by atoms with van der Waals surface area (Å²) in [6.07, 6.45) is 4.02. The summed E-state index contributed by atoms with van der Waals surface area (Å²) in [6.45, 7) is 5.70. The van der Waals surface area contributed by atoms with Crippen molar-refractivity contribution in [3.8, 4) is 0 Å². The Hall–Kier alpha value is -0.530. The predicted octanol–water partition coefficient (Wildman–Crippen LogP) is 4.10. The molecule has 0 amide bonds. The van der Waals surface area contributed by atoms with Gasteiger partial charge in [0.15, 0.2) is 0 Å². The summed E-state index contributed by atoms with van der Waals surface area (Å²) in [5.74, 6) is 0. The van der Waals surface area contributed by atoms with Crippen LogP contribution in [0.15, 0.2) is 24.3 Å². The molecule has 1 aromatic carbocycles. The van der Waals surface area contributed by atoms with Gasteiger partial charge in [-0.15, -0.1) is 0 Å². The lowest BCUT2D eigenvalue weighted by Crippen LogP contribution is -2.42. The predicted molar refractivity (Wildman–Crippen MR) is 69.8 cm³/mol. The topological polar surface area (TPSA) is 3.24 Å². The molecular weight excluding hydrogens is 218 g/mol. The van der Waals surface area contributed by atoms with Crippen LogP contribution in [-0.4, -0.2) is 17.0 Å². The van der Waals surface area contributed by atoms with Gasteiger partial charge in [0.25, 0.3) is 0 Å². The molecule has 2 atom stereocenters. The van der Waals surface area contributed by atoms with Gasteiger partial charge in [0, 0.05) is 23.7 Å². The highest BCUT2D eigenvalue weighted by Crippen LogP contribution is 2.25. The van der Waals surface area contributed by atoms with Gasteiger partial charge in [0.05, 0.1) is 0 Å². The van der Waals surface area contributed by atoms with E-state index in [1.54, 1.807) is 0 Å². The third-order valence-corrected chi connectivity index (χ3v) is 3.87. The largest absolute Gasteiger partial charge is 0.294 e. The van der Waals surface area contributed by atoms with Gasteiger partial charge < -0.3 is 0 Å². The van der Waals surface area contributed by atoms with Crippen molar-refractivity contribution in [2.24, 2.45) is 0 Å². The maximum absolute atomic E-state index is 6.02. The van der Waals surface area contributed by atoms with E-state index in [1.807, 2.05) is 12.1 Å². The van der Waals surface area contributed by atoms with E-state index in [-0.39, 0.29) is 0 Å². The van der Waals surface area contributed by atoms with Crippen LogP contribution in [0.25, 0.3) is 0 Å². The molecule has 1 fully saturated rings. The molecule has 0 aliphatic carbocycles. The van der Waals surface area contributed by atoms with Gasteiger partial charge in [-0.25, -0.2) is 0 Å². The van der Waals surface area contributed by atoms with Gasteiger partial charge in [-0.05, 0) is 44.4 Å². The molecule has 0 saturated carbocycles. The fourth-order valence-corrected chi connectivity index (χ4v) is 2.85. The van der Waals surface area contributed by atoms with Crippen LogP contribution in [-0.2, 0) is 6.54 Å². The fraction of sp³-hybridized carbons (Fsp3) is 0.571. The second-order valence-corrected chi connectivity index (χ2v) is 5.37. The molecule has 0 aromatic heterocycles. The molecule has 16 heavy (non-hydrogen) atoms. The first-order valence-corrected chi connectivity index (χ1v) is 6.55. The van der Waals surface area contributed by atoms with Crippen molar-refractivity contribution < 1.29 is 0 Å². The Morgan fingerprint density at radius 2 is 1.94 bits per heavy atom. The molecule has 2 rings (SSSR count). The van der Waals surface area contributed by atoms with Crippen LogP contribution in [0.3, 0.4) is 0 Å². The van der Waals surface area contributed by atoms with Crippen LogP contribution >= 0.6 is 11.6 Å². The molecule has 1 aliphatic rings. The first-order chi connectivity index (χ1) is 7.66.